The van der Waals surface area contributed by atoms with Crippen LogP contribution in [-0.4, -0.2) is 16.8 Å². The van der Waals surface area contributed by atoms with E-state index in [0.29, 0.717) is 5.56 Å². The average molecular weight is 282 g/mol. The maximum Gasteiger partial charge on any atom is 1.00 e. The molecule has 2 rings (SSSR count). The van der Waals surface area contributed by atoms with Crippen molar-refractivity contribution in [3.05, 3.63) is 48.0 Å². The number of benzene rings is 1. The summed E-state index contributed by atoms with van der Waals surface area (Å²) in [6.45, 7) is -5.14. The second-order valence-corrected chi connectivity index (χ2v) is 3.63. The van der Waals surface area contributed by atoms with Gasteiger partial charge in [-0.2, -0.15) is 5.10 Å². The summed E-state index contributed by atoms with van der Waals surface area (Å²) in [7, 11) is 0. The Balaban J connectivity index is 0.00000162. The Morgan fingerprint density at radius 3 is 2.50 bits per heavy atom. The first-order valence-corrected chi connectivity index (χ1v) is 4.92. The van der Waals surface area contributed by atoms with Gasteiger partial charge in [-0.05, 0) is 17.7 Å². The molecular formula is C10H8BF4KN2. The van der Waals surface area contributed by atoms with E-state index in [-0.39, 0.29) is 57.9 Å². The molecule has 0 fully saturated rings. The van der Waals surface area contributed by atoms with Gasteiger partial charge in [-0.1, -0.05) is 17.6 Å². The fraction of sp³-hybridized carbons (Fsp3) is 0.100. The summed E-state index contributed by atoms with van der Waals surface area (Å²) in [6.07, 6.45) is 3.15. The van der Waals surface area contributed by atoms with E-state index < -0.39 is 18.3 Å². The van der Waals surface area contributed by atoms with Crippen LogP contribution in [-0.2, 0) is 6.54 Å². The summed E-state index contributed by atoms with van der Waals surface area (Å²) < 4.78 is 52.0. The number of nitrogens with zero attached hydrogens (tertiary/aromatic N) is 2. The van der Waals surface area contributed by atoms with Crippen molar-refractivity contribution in [2.24, 2.45) is 0 Å². The third kappa shape index (κ3) is 3.92. The van der Waals surface area contributed by atoms with Gasteiger partial charge in [0.1, 0.15) is 0 Å². The van der Waals surface area contributed by atoms with Crippen molar-refractivity contribution in [1.82, 2.24) is 9.78 Å². The zero-order chi connectivity index (χ0) is 12.5. The molecule has 0 saturated carbocycles. The Kier molecular flexibility index (Phi) is 5.60. The van der Waals surface area contributed by atoms with E-state index in [4.69, 9.17) is 0 Å². The Labute approximate surface area is 144 Å². The van der Waals surface area contributed by atoms with E-state index in [1.165, 1.54) is 16.9 Å². The van der Waals surface area contributed by atoms with Crippen LogP contribution in [0.1, 0.15) is 5.56 Å². The third-order valence-electron chi connectivity index (χ3n) is 2.32. The minimum atomic E-state index is -5.32. The van der Waals surface area contributed by atoms with E-state index in [2.05, 4.69) is 5.10 Å². The van der Waals surface area contributed by atoms with Crippen LogP contribution in [0.3, 0.4) is 0 Å². The van der Waals surface area contributed by atoms with E-state index in [1.807, 2.05) is 0 Å². The Morgan fingerprint density at radius 2 is 1.94 bits per heavy atom. The smallest absolute Gasteiger partial charge is 0.445 e. The molecule has 0 amide bonds. The summed E-state index contributed by atoms with van der Waals surface area (Å²) >= 11 is 0. The minimum Gasteiger partial charge on any atom is -0.445 e. The van der Waals surface area contributed by atoms with Gasteiger partial charge in [0.15, 0.2) is 0 Å². The third-order valence-corrected chi connectivity index (χ3v) is 2.32. The predicted molar refractivity (Wildman–Crippen MR) is 56.4 cm³/mol. The molecule has 1 aromatic carbocycles. The number of aromatic nitrogens is 2. The Bertz CT molecular complexity index is 513. The number of halogens is 4. The van der Waals surface area contributed by atoms with E-state index in [1.54, 1.807) is 12.3 Å². The molecule has 2 aromatic rings. The molecule has 0 radical (unpaired) electrons. The molecule has 0 saturated heterocycles. The second-order valence-electron chi connectivity index (χ2n) is 3.63. The standard InChI is InChI=1S/C10H8BF4N2.K/c12-10-3-2-8(6-9(10)11(13,14)15)7-17-5-1-4-16-17;/h1-6H,7H2;/q-1;+1. The first-order valence-electron chi connectivity index (χ1n) is 4.92. The molecule has 0 unspecified atom stereocenters. The SMILES string of the molecule is Fc1ccc(Cn2cccn2)cc1[B-](F)(F)F.[K+]. The van der Waals surface area contributed by atoms with Gasteiger partial charge < -0.3 is 12.9 Å². The molecule has 1 heterocycles. The molecule has 0 aliphatic carbocycles. The van der Waals surface area contributed by atoms with Crippen LogP contribution in [0.5, 0.6) is 0 Å². The molecule has 8 heteroatoms. The number of rotatable bonds is 3. The first kappa shape index (κ1) is 15.9. The minimum absolute atomic E-state index is 0. The van der Waals surface area contributed by atoms with Gasteiger partial charge in [-0.3, -0.25) is 4.68 Å². The van der Waals surface area contributed by atoms with Crippen molar-refractivity contribution < 1.29 is 68.7 Å². The van der Waals surface area contributed by atoms with Crippen LogP contribution in [0.2, 0.25) is 0 Å². The molecule has 0 atom stereocenters. The predicted octanol–water partition coefficient (Wildman–Crippen LogP) is -0.871. The normalized spacial score (nSPS) is 11.1. The summed E-state index contributed by atoms with van der Waals surface area (Å²) in [5.74, 6) is -1.23. The van der Waals surface area contributed by atoms with Gasteiger partial charge in [0, 0.05) is 12.4 Å². The van der Waals surface area contributed by atoms with Crippen LogP contribution in [0.4, 0.5) is 17.3 Å². The van der Waals surface area contributed by atoms with Gasteiger partial charge >= 0.3 is 58.4 Å². The maximum atomic E-state index is 13.0. The van der Waals surface area contributed by atoms with Gasteiger partial charge in [0.25, 0.3) is 0 Å². The maximum absolute atomic E-state index is 13.0. The van der Waals surface area contributed by atoms with E-state index >= 15 is 0 Å². The van der Waals surface area contributed by atoms with E-state index in [0.717, 1.165) is 12.1 Å². The van der Waals surface area contributed by atoms with Crippen molar-refractivity contribution in [2.45, 2.75) is 6.54 Å². The molecule has 0 aliphatic rings. The van der Waals surface area contributed by atoms with E-state index in [9.17, 15) is 17.3 Å². The number of hydrogen-bond donors (Lipinski definition) is 0. The van der Waals surface area contributed by atoms with Crippen LogP contribution < -0.4 is 56.8 Å². The second kappa shape index (κ2) is 6.34. The molecular weight excluding hydrogens is 274 g/mol. The average Bonchev–Trinajstić information content (AvgIpc) is 2.72. The first-order chi connectivity index (χ1) is 7.97. The van der Waals surface area contributed by atoms with Gasteiger partial charge in [0.05, 0.1) is 12.4 Å². The summed E-state index contributed by atoms with van der Waals surface area (Å²) in [6, 6.07) is 4.65. The largest absolute Gasteiger partial charge is 1.00 e. The molecule has 90 valence electrons. The molecule has 0 spiro atoms. The summed E-state index contributed by atoms with van der Waals surface area (Å²) in [5, 5.41) is 3.87. The Morgan fingerprint density at radius 1 is 1.22 bits per heavy atom. The van der Waals surface area contributed by atoms with Crippen LogP contribution in [0, 0.1) is 5.82 Å². The summed E-state index contributed by atoms with van der Waals surface area (Å²) in [4.78, 5) is 0. The zero-order valence-corrected chi connectivity index (χ0v) is 12.8. The fourth-order valence-corrected chi connectivity index (χ4v) is 1.52. The molecule has 0 N–H and O–H groups in total. The summed E-state index contributed by atoms with van der Waals surface area (Å²) in [5.41, 5.74) is -0.820. The molecule has 1 aromatic heterocycles. The van der Waals surface area contributed by atoms with Gasteiger partial charge in [0.2, 0.25) is 0 Å². The van der Waals surface area contributed by atoms with Crippen LogP contribution in [0.25, 0.3) is 0 Å². The molecule has 18 heavy (non-hydrogen) atoms. The van der Waals surface area contributed by atoms with Crippen molar-refractivity contribution in [1.29, 1.82) is 0 Å². The topological polar surface area (TPSA) is 17.8 Å². The quantitative estimate of drug-likeness (QED) is 0.528. The van der Waals surface area contributed by atoms with Crippen molar-refractivity contribution >= 4 is 12.4 Å². The van der Waals surface area contributed by atoms with Crippen molar-refractivity contribution in [2.75, 3.05) is 0 Å². The van der Waals surface area contributed by atoms with Gasteiger partial charge in [-0.15, -0.1) is 0 Å². The monoisotopic (exact) mass is 282 g/mol. The van der Waals surface area contributed by atoms with Crippen LogP contribution in [0.15, 0.2) is 36.7 Å². The fourth-order valence-electron chi connectivity index (χ4n) is 1.52. The molecule has 0 bridgehead atoms. The Hall–Kier alpha value is -0.149. The van der Waals surface area contributed by atoms with Crippen molar-refractivity contribution in [3.8, 4) is 0 Å². The number of hydrogen-bond acceptors (Lipinski definition) is 1. The van der Waals surface area contributed by atoms with Gasteiger partial charge in [-0.25, -0.2) is 4.39 Å². The van der Waals surface area contributed by atoms with Crippen LogP contribution >= 0.6 is 0 Å². The zero-order valence-electron chi connectivity index (χ0n) is 9.65. The molecule has 0 aliphatic heterocycles. The molecule has 2 nitrogen and oxygen atoms in total. The van der Waals surface area contributed by atoms with Crippen molar-refractivity contribution in [3.63, 3.8) is 0 Å².